The fraction of sp³-hybridized carbons (Fsp3) is 0.308. The molecule has 0 atom stereocenters. The Morgan fingerprint density at radius 3 is 2.58 bits per heavy atom. The molecule has 0 aliphatic carbocycles. The number of aromatic nitrogens is 2. The largest absolute Gasteiger partial charge is 0.492 e. The van der Waals surface area contributed by atoms with E-state index in [1.165, 1.54) is 5.56 Å². The fourth-order valence-electron chi connectivity index (χ4n) is 1.72. The minimum Gasteiger partial charge on any atom is -0.492 e. The number of rotatable bonds is 6. The van der Waals surface area contributed by atoms with Gasteiger partial charge in [0.2, 0.25) is 0 Å². The lowest BCUT2D eigenvalue weighted by molar-refractivity contribution is 0.336. The first-order valence-electron chi connectivity index (χ1n) is 6.00. The third kappa shape index (κ3) is 4.06. The molecule has 0 radical (unpaired) electrons. The highest BCUT2D eigenvalue weighted by atomic mass is 79.9. The second-order valence-electron chi connectivity index (χ2n) is 4.01. The summed E-state index contributed by atoms with van der Waals surface area (Å²) in [6, 6.07) is 6.09. The van der Waals surface area contributed by atoms with E-state index in [1.807, 2.05) is 13.0 Å². The molecule has 2 aromatic rings. The van der Waals surface area contributed by atoms with Gasteiger partial charge in [0.25, 0.3) is 0 Å². The maximum Gasteiger partial charge on any atom is 0.147 e. The summed E-state index contributed by atoms with van der Waals surface area (Å²) in [6.45, 7) is 4.17. The van der Waals surface area contributed by atoms with Gasteiger partial charge in [-0.15, -0.1) is 0 Å². The molecule has 0 spiro atoms. The summed E-state index contributed by atoms with van der Waals surface area (Å²) in [5.41, 5.74) is 2.26. The molecule has 0 amide bonds. The van der Waals surface area contributed by atoms with E-state index in [1.54, 1.807) is 6.20 Å². The maximum atomic E-state index is 5.56. The quantitative estimate of drug-likeness (QED) is 0.794. The fourth-order valence-corrected chi connectivity index (χ4v) is 3.23. The summed E-state index contributed by atoms with van der Waals surface area (Å²) < 4.78 is 7.48. The third-order valence-corrected chi connectivity index (χ3v) is 3.73. The van der Waals surface area contributed by atoms with E-state index in [2.05, 4.69) is 59.5 Å². The molecule has 0 unspecified atom stereocenters. The minimum atomic E-state index is 0.647. The van der Waals surface area contributed by atoms with Crippen LogP contribution in [0, 0.1) is 0 Å². The molecule has 0 fully saturated rings. The molecule has 0 aliphatic heterocycles. The van der Waals surface area contributed by atoms with Crippen LogP contribution in [0.5, 0.6) is 5.75 Å². The Balaban J connectivity index is 1.97. The van der Waals surface area contributed by atoms with E-state index in [4.69, 9.17) is 4.74 Å². The second-order valence-corrected chi connectivity index (χ2v) is 5.72. The number of halogens is 2. The Morgan fingerprint density at radius 1 is 1.26 bits per heavy atom. The van der Waals surface area contributed by atoms with Crippen LogP contribution in [0.25, 0.3) is 0 Å². The molecule has 102 valence electrons. The first-order valence-corrected chi connectivity index (χ1v) is 7.59. The zero-order chi connectivity index (χ0) is 13.7. The molecular weight excluding hydrogens is 374 g/mol. The molecule has 0 bridgehead atoms. The van der Waals surface area contributed by atoms with E-state index >= 15 is 0 Å². The molecule has 1 aromatic carbocycles. The van der Waals surface area contributed by atoms with Gasteiger partial charge in [-0.05, 0) is 62.5 Å². The topological polar surface area (TPSA) is 49.9 Å². The van der Waals surface area contributed by atoms with Crippen molar-refractivity contribution in [2.75, 3.05) is 6.61 Å². The van der Waals surface area contributed by atoms with Crippen molar-refractivity contribution in [3.05, 3.63) is 44.6 Å². The van der Waals surface area contributed by atoms with Crippen molar-refractivity contribution in [2.24, 2.45) is 0 Å². The molecular formula is C13H15Br2N3O. The van der Waals surface area contributed by atoms with Crippen molar-refractivity contribution in [1.29, 1.82) is 0 Å². The van der Waals surface area contributed by atoms with Gasteiger partial charge in [0, 0.05) is 25.0 Å². The summed E-state index contributed by atoms with van der Waals surface area (Å²) in [5.74, 6) is 0.847. The molecule has 4 nitrogen and oxygen atoms in total. The van der Waals surface area contributed by atoms with E-state index in [0.29, 0.717) is 6.61 Å². The van der Waals surface area contributed by atoms with Gasteiger partial charge in [-0.3, -0.25) is 5.10 Å². The molecule has 0 aliphatic rings. The number of nitrogens with zero attached hydrogens (tertiary/aromatic N) is 1. The van der Waals surface area contributed by atoms with Crippen molar-refractivity contribution in [2.45, 2.75) is 20.0 Å². The molecule has 0 saturated carbocycles. The smallest absolute Gasteiger partial charge is 0.147 e. The van der Waals surface area contributed by atoms with Crippen molar-refractivity contribution >= 4 is 31.9 Å². The third-order valence-electron chi connectivity index (χ3n) is 2.55. The van der Waals surface area contributed by atoms with Crippen LogP contribution in [0.1, 0.15) is 18.2 Å². The summed E-state index contributed by atoms with van der Waals surface area (Å²) in [7, 11) is 0. The van der Waals surface area contributed by atoms with Crippen LogP contribution in [0.15, 0.2) is 33.3 Å². The maximum absolute atomic E-state index is 5.56. The Morgan fingerprint density at radius 2 is 2.00 bits per heavy atom. The van der Waals surface area contributed by atoms with Crippen LogP contribution in [-0.4, -0.2) is 16.8 Å². The summed E-state index contributed by atoms with van der Waals surface area (Å²) in [5, 5.41) is 10.2. The summed E-state index contributed by atoms with van der Waals surface area (Å²) in [6.07, 6.45) is 1.75. The first-order chi connectivity index (χ1) is 9.20. The van der Waals surface area contributed by atoms with Crippen molar-refractivity contribution in [3.63, 3.8) is 0 Å². The number of hydrogen-bond donors (Lipinski definition) is 2. The molecule has 19 heavy (non-hydrogen) atoms. The minimum absolute atomic E-state index is 0.647. The molecule has 2 rings (SSSR count). The average molecular weight is 389 g/mol. The van der Waals surface area contributed by atoms with Crippen LogP contribution in [0.3, 0.4) is 0 Å². The summed E-state index contributed by atoms with van der Waals surface area (Å²) >= 11 is 7.06. The van der Waals surface area contributed by atoms with E-state index < -0.39 is 0 Å². The summed E-state index contributed by atoms with van der Waals surface area (Å²) in [4.78, 5) is 0. The molecule has 0 saturated heterocycles. The lowest BCUT2D eigenvalue weighted by Crippen LogP contribution is -2.13. The highest BCUT2D eigenvalue weighted by molar-refractivity contribution is 9.11. The second kappa shape index (κ2) is 7.07. The Bertz CT molecular complexity index is 506. The standard InChI is InChI=1S/C13H15Br2N3O/c1-2-19-13-11(14)5-9(6-12(13)15)7-16-8-10-3-4-17-18-10/h3-6,16H,2,7-8H2,1H3,(H,17,18). The van der Waals surface area contributed by atoms with Crippen LogP contribution in [0.4, 0.5) is 0 Å². The van der Waals surface area contributed by atoms with Gasteiger partial charge in [0.05, 0.1) is 15.6 Å². The zero-order valence-corrected chi connectivity index (χ0v) is 13.7. The van der Waals surface area contributed by atoms with E-state index in [-0.39, 0.29) is 0 Å². The number of benzene rings is 1. The van der Waals surface area contributed by atoms with Crippen LogP contribution in [0.2, 0.25) is 0 Å². The van der Waals surface area contributed by atoms with Gasteiger partial charge in [-0.2, -0.15) is 5.10 Å². The molecule has 1 heterocycles. The van der Waals surface area contributed by atoms with Crippen molar-refractivity contribution in [1.82, 2.24) is 15.5 Å². The normalized spacial score (nSPS) is 10.7. The molecule has 2 N–H and O–H groups in total. The average Bonchev–Trinajstić information content (AvgIpc) is 2.87. The SMILES string of the molecule is CCOc1c(Br)cc(CNCc2ccn[nH]2)cc1Br. The van der Waals surface area contributed by atoms with Crippen molar-refractivity contribution in [3.8, 4) is 5.75 Å². The van der Waals surface area contributed by atoms with Gasteiger partial charge in [0.1, 0.15) is 5.75 Å². The lowest BCUT2D eigenvalue weighted by atomic mass is 10.2. The van der Waals surface area contributed by atoms with E-state index in [9.17, 15) is 0 Å². The van der Waals surface area contributed by atoms with Gasteiger partial charge < -0.3 is 10.1 Å². The Labute approximate surface area is 129 Å². The van der Waals surface area contributed by atoms with Crippen LogP contribution < -0.4 is 10.1 Å². The van der Waals surface area contributed by atoms with Crippen LogP contribution in [-0.2, 0) is 13.1 Å². The highest BCUT2D eigenvalue weighted by Gasteiger charge is 2.08. The zero-order valence-electron chi connectivity index (χ0n) is 10.5. The Kier molecular flexibility index (Phi) is 5.42. The number of H-pyrrole nitrogens is 1. The first kappa shape index (κ1) is 14.6. The van der Waals surface area contributed by atoms with Gasteiger partial charge in [-0.25, -0.2) is 0 Å². The predicted molar refractivity (Wildman–Crippen MR) is 82.1 cm³/mol. The highest BCUT2D eigenvalue weighted by Crippen LogP contribution is 2.34. The number of aromatic amines is 1. The lowest BCUT2D eigenvalue weighted by Gasteiger charge is -2.11. The van der Waals surface area contributed by atoms with Gasteiger partial charge >= 0.3 is 0 Å². The predicted octanol–water partition coefficient (Wildman–Crippen LogP) is 3.62. The molecule has 1 aromatic heterocycles. The number of hydrogen-bond acceptors (Lipinski definition) is 3. The van der Waals surface area contributed by atoms with Gasteiger partial charge in [-0.1, -0.05) is 0 Å². The number of nitrogens with one attached hydrogen (secondary N) is 2. The molecule has 6 heteroatoms. The van der Waals surface area contributed by atoms with E-state index in [0.717, 1.165) is 33.5 Å². The monoisotopic (exact) mass is 387 g/mol. The Hall–Kier alpha value is -0.850. The van der Waals surface area contributed by atoms with Crippen molar-refractivity contribution < 1.29 is 4.74 Å². The van der Waals surface area contributed by atoms with Crippen LogP contribution >= 0.6 is 31.9 Å². The number of ether oxygens (including phenoxy) is 1. The van der Waals surface area contributed by atoms with Gasteiger partial charge in [0.15, 0.2) is 0 Å².